The summed E-state index contributed by atoms with van der Waals surface area (Å²) >= 11 is 7.72. The van der Waals surface area contributed by atoms with E-state index in [9.17, 15) is 8.78 Å². The van der Waals surface area contributed by atoms with E-state index < -0.39 is 5.92 Å². The maximum Gasteiger partial charge on any atom is 0.266 e. The number of H-pyrrole nitrogens is 1. The van der Waals surface area contributed by atoms with E-state index >= 15 is 0 Å². The van der Waals surface area contributed by atoms with E-state index in [1.165, 1.54) is 11.3 Å². The van der Waals surface area contributed by atoms with Crippen molar-refractivity contribution in [2.45, 2.75) is 44.4 Å². The first-order chi connectivity index (χ1) is 14.0. The molecule has 29 heavy (non-hydrogen) atoms. The van der Waals surface area contributed by atoms with Crippen LogP contribution in [-0.4, -0.2) is 44.6 Å². The second kappa shape index (κ2) is 7.28. The fourth-order valence-corrected chi connectivity index (χ4v) is 5.37. The molecule has 0 atom stereocenters. The average molecular weight is 437 g/mol. The highest BCUT2D eigenvalue weighted by molar-refractivity contribution is 7.19. The fraction of sp³-hybridized carbons (Fsp3) is 0.474. The van der Waals surface area contributed by atoms with Gasteiger partial charge in [0, 0.05) is 29.1 Å². The molecule has 0 saturated carbocycles. The van der Waals surface area contributed by atoms with E-state index in [2.05, 4.69) is 20.6 Å². The van der Waals surface area contributed by atoms with E-state index in [-0.39, 0.29) is 19.5 Å². The molecule has 0 radical (unpaired) electrons. The van der Waals surface area contributed by atoms with E-state index in [0.29, 0.717) is 21.5 Å². The molecule has 0 bridgehead atoms. The molecular weight excluding hydrogens is 418 g/mol. The van der Waals surface area contributed by atoms with Gasteiger partial charge in [-0.2, -0.15) is 5.21 Å². The summed E-state index contributed by atoms with van der Waals surface area (Å²) in [7, 11) is 0. The highest BCUT2D eigenvalue weighted by Gasteiger charge is 2.41. The Morgan fingerprint density at radius 1 is 1.14 bits per heavy atom. The summed E-state index contributed by atoms with van der Waals surface area (Å²) < 4.78 is 28.8. The van der Waals surface area contributed by atoms with Crippen LogP contribution >= 0.6 is 22.9 Å². The number of aromatic amines is 1. The molecule has 1 N–H and O–H groups in total. The van der Waals surface area contributed by atoms with Crippen LogP contribution in [0.1, 0.15) is 36.9 Å². The van der Waals surface area contributed by atoms with Crippen molar-refractivity contribution in [2.24, 2.45) is 0 Å². The summed E-state index contributed by atoms with van der Waals surface area (Å²) in [6.45, 7) is -0.109. The lowest BCUT2D eigenvalue weighted by Crippen LogP contribution is -2.27. The predicted molar refractivity (Wildman–Crippen MR) is 109 cm³/mol. The minimum absolute atomic E-state index is 0.183. The predicted octanol–water partition coefficient (Wildman–Crippen LogP) is 4.76. The molecule has 0 amide bonds. The monoisotopic (exact) mass is 436 g/mol. The van der Waals surface area contributed by atoms with Crippen LogP contribution in [0, 0.1) is 0 Å². The molecule has 0 unspecified atom stereocenters. The van der Waals surface area contributed by atoms with Gasteiger partial charge in [0.15, 0.2) is 0 Å². The quantitative estimate of drug-likeness (QED) is 0.599. The Morgan fingerprint density at radius 3 is 2.69 bits per heavy atom. The number of hydrogen-bond donors (Lipinski definition) is 1. The first-order valence-corrected chi connectivity index (χ1v) is 10.9. The van der Waals surface area contributed by atoms with Crippen molar-refractivity contribution in [3.63, 3.8) is 0 Å². The third-order valence-electron chi connectivity index (χ3n) is 5.56. The largest absolute Gasteiger partial charge is 0.350 e. The number of thiophene rings is 1. The number of nitrogens with zero attached hydrogens (tertiary/aromatic N) is 5. The number of aromatic nitrogens is 5. The van der Waals surface area contributed by atoms with Crippen molar-refractivity contribution >= 4 is 28.8 Å². The van der Waals surface area contributed by atoms with Crippen molar-refractivity contribution in [1.29, 1.82) is 0 Å². The number of aryl methyl sites for hydroxylation is 1. The van der Waals surface area contributed by atoms with Crippen LogP contribution in [0.5, 0.6) is 0 Å². The zero-order valence-electron chi connectivity index (χ0n) is 15.6. The Kier molecular flexibility index (Phi) is 4.74. The van der Waals surface area contributed by atoms with Crippen LogP contribution in [0.15, 0.2) is 12.1 Å². The summed E-state index contributed by atoms with van der Waals surface area (Å²) in [5.41, 5.74) is 3.76. The molecule has 1 fully saturated rings. The van der Waals surface area contributed by atoms with Gasteiger partial charge in [0.2, 0.25) is 5.82 Å². The lowest BCUT2D eigenvalue weighted by atomic mass is 9.94. The second-order valence-corrected chi connectivity index (χ2v) is 9.25. The van der Waals surface area contributed by atoms with Gasteiger partial charge in [0.1, 0.15) is 5.82 Å². The van der Waals surface area contributed by atoms with E-state index in [1.54, 1.807) is 4.90 Å². The van der Waals surface area contributed by atoms with Crippen molar-refractivity contribution in [3.8, 4) is 21.8 Å². The Balaban J connectivity index is 1.80. The SMILES string of the molecule is FC1(F)CCN(c2nc3c(c(-c4ccc(Cl)s4)c2-c2nn[nH]n2)CCCCC3)C1. The Labute approximate surface area is 175 Å². The van der Waals surface area contributed by atoms with Gasteiger partial charge in [-0.15, -0.1) is 21.5 Å². The van der Waals surface area contributed by atoms with Crippen molar-refractivity contribution in [1.82, 2.24) is 25.6 Å². The average Bonchev–Trinajstić information content (AvgIpc) is 3.39. The number of rotatable bonds is 3. The molecule has 3 aromatic heterocycles. The van der Waals surface area contributed by atoms with Crippen LogP contribution in [-0.2, 0) is 12.8 Å². The molecule has 1 aliphatic heterocycles. The van der Waals surface area contributed by atoms with Gasteiger partial charge in [-0.3, -0.25) is 0 Å². The number of anilines is 1. The molecular formula is C19H19ClF2N6S. The number of fused-ring (bicyclic) bond motifs is 1. The summed E-state index contributed by atoms with van der Waals surface area (Å²) in [6, 6.07) is 3.83. The lowest BCUT2D eigenvalue weighted by Gasteiger charge is -2.24. The summed E-state index contributed by atoms with van der Waals surface area (Å²) in [6.07, 6.45) is 4.77. The molecule has 0 aromatic carbocycles. The second-order valence-electron chi connectivity index (χ2n) is 7.54. The van der Waals surface area contributed by atoms with Gasteiger partial charge in [0.05, 0.1) is 16.4 Å². The number of hydrogen-bond acceptors (Lipinski definition) is 6. The minimum Gasteiger partial charge on any atom is -0.350 e. The van der Waals surface area contributed by atoms with E-state index in [4.69, 9.17) is 16.6 Å². The zero-order chi connectivity index (χ0) is 20.0. The van der Waals surface area contributed by atoms with Crippen molar-refractivity contribution in [3.05, 3.63) is 27.7 Å². The third kappa shape index (κ3) is 3.50. The Hall–Kier alpha value is -2.13. The van der Waals surface area contributed by atoms with Crippen LogP contribution in [0.2, 0.25) is 4.34 Å². The number of tetrazole rings is 1. The van der Waals surface area contributed by atoms with Gasteiger partial charge in [-0.25, -0.2) is 13.8 Å². The molecule has 10 heteroatoms. The summed E-state index contributed by atoms with van der Waals surface area (Å²) in [5.74, 6) is -1.84. The Morgan fingerprint density at radius 2 is 2.00 bits per heavy atom. The number of halogens is 3. The fourth-order valence-electron chi connectivity index (χ4n) is 4.25. The maximum absolute atomic E-state index is 14.1. The zero-order valence-corrected chi connectivity index (χ0v) is 17.2. The number of nitrogens with one attached hydrogen (secondary N) is 1. The summed E-state index contributed by atoms with van der Waals surface area (Å²) in [5, 5.41) is 14.6. The van der Waals surface area contributed by atoms with Crippen LogP contribution in [0.25, 0.3) is 21.8 Å². The van der Waals surface area contributed by atoms with E-state index in [0.717, 1.165) is 53.8 Å². The molecule has 4 heterocycles. The molecule has 152 valence electrons. The topological polar surface area (TPSA) is 70.6 Å². The van der Waals surface area contributed by atoms with Gasteiger partial charge < -0.3 is 4.90 Å². The highest BCUT2D eigenvalue weighted by Crippen LogP contribution is 2.46. The number of alkyl halides is 2. The van der Waals surface area contributed by atoms with E-state index in [1.807, 2.05) is 12.1 Å². The lowest BCUT2D eigenvalue weighted by molar-refractivity contribution is 0.0257. The van der Waals surface area contributed by atoms with Crippen LogP contribution in [0.3, 0.4) is 0 Å². The van der Waals surface area contributed by atoms with Gasteiger partial charge in [0.25, 0.3) is 5.92 Å². The number of pyridine rings is 1. The first kappa shape index (κ1) is 18.9. The van der Waals surface area contributed by atoms with Gasteiger partial charge in [-0.05, 0) is 48.6 Å². The van der Waals surface area contributed by atoms with Crippen LogP contribution in [0.4, 0.5) is 14.6 Å². The molecule has 1 aliphatic carbocycles. The molecule has 5 rings (SSSR count). The molecule has 1 saturated heterocycles. The molecule has 3 aromatic rings. The molecule has 2 aliphatic rings. The van der Waals surface area contributed by atoms with Gasteiger partial charge in [-0.1, -0.05) is 18.0 Å². The summed E-state index contributed by atoms with van der Waals surface area (Å²) in [4.78, 5) is 7.55. The maximum atomic E-state index is 14.1. The molecule has 0 spiro atoms. The van der Waals surface area contributed by atoms with Crippen molar-refractivity contribution in [2.75, 3.05) is 18.0 Å². The standard InChI is InChI=1S/C19H19ClF2N6S/c20-14-7-6-13(29-14)15-11-4-2-1-3-5-12(11)23-18(16(15)17-24-26-27-25-17)28-9-8-19(21,22)10-28/h6-7H,1-5,8-10H2,(H,24,25,26,27). The minimum atomic E-state index is -2.73. The van der Waals surface area contributed by atoms with Crippen molar-refractivity contribution < 1.29 is 8.78 Å². The van der Waals surface area contributed by atoms with Gasteiger partial charge >= 0.3 is 0 Å². The highest BCUT2D eigenvalue weighted by atomic mass is 35.5. The third-order valence-corrected chi connectivity index (χ3v) is 6.81. The first-order valence-electron chi connectivity index (χ1n) is 9.70. The molecule has 6 nitrogen and oxygen atoms in total. The smallest absolute Gasteiger partial charge is 0.266 e. The normalized spacial score (nSPS) is 18.7. The Bertz CT molecular complexity index is 1040. The van der Waals surface area contributed by atoms with Crippen LogP contribution < -0.4 is 4.90 Å².